The Morgan fingerprint density at radius 2 is 1.93 bits per heavy atom. The van der Waals surface area contributed by atoms with Crippen LogP contribution in [0.5, 0.6) is 0 Å². The van der Waals surface area contributed by atoms with E-state index in [1.165, 1.54) is 5.57 Å². The predicted molar refractivity (Wildman–Crippen MR) is 114 cm³/mol. The smallest absolute Gasteiger partial charge is 0.246 e. The molecular formula is C25H32N2O2. The summed E-state index contributed by atoms with van der Waals surface area (Å²) in [5.41, 5.74) is 2.32. The number of aromatic nitrogens is 1. The monoisotopic (exact) mass is 392 g/mol. The third-order valence-electron chi connectivity index (χ3n) is 9.05. The lowest BCUT2D eigenvalue weighted by molar-refractivity contribution is -0.140. The SMILES string of the molecule is CN1C(=O)C=C[C@@]2(C)C1CC[C@@H]1[C@H]2CC[C@]2(C)C(O)C(=Cc3ccncc3)C[C@@H]12. The number of likely N-dealkylation sites (N-methyl/N-ethyl adjacent to an activating group) is 1. The first-order valence-electron chi connectivity index (χ1n) is 11.1. The molecule has 1 aromatic rings. The van der Waals surface area contributed by atoms with Gasteiger partial charge in [-0.25, -0.2) is 0 Å². The highest BCUT2D eigenvalue weighted by Gasteiger charge is 2.61. The molecule has 5 rings (SSSR count). The number of aliphatic hydroxyl groups excluding tert-OH is 1. The van der Waals surface area contributed by atoms with Crippen LogP contribution in [0.4, 0.5) is 0 Å². The molecule has 4 aliphatic rings. The van der Waals surface area contributed by atoms with Crippen molar-refractivity contribution in [2.45, 2.75) is 58.1 Å². The van der Waals surface area contributed by atoms with Crippen LogP contribution in [0.1, 0.15) is 51.5 Å². The van der Waals surface area contributed by atoms with Gasteiger partial charge in [0.25, 0.3) is 0 Å². The van der Waals surface area contributed by atoms with Gasteiger partial charge in [0.05, 0.1) is 6.10 Å². The van der Waals surface area contributed by atoms with Gasteiger partial charge < -0.3 is 10.0 Å². The number of nitrogens with zero attached hydrogens (tertiary/aromatic N) is 2. The molecule has 29 heavy (non-hydrogen) atoms. The summed E-state index contributed by atoms with van der Waals surface area (Å²) >= 11 is 0. The number of amides is 1. The summed E-state index contributed by atoms with van der Waals surface area (Å²) < 4.78 is 0. The highest BCUT2D eigenvalue weighted by atomic mass is 16.3. The maximum atomic E-state index is 12.2. The van der Waals surface area contributed by atoms with E-state index in [1.807, 2.05) is 36.5 Å². The topological polar surface area (TPSA) is 53.4 Å². The van der Waals surface area contributed by atoms with E-state index in [2.05, 4.69) is 31.0 Å². The first kappa shape index (κ1) is 19.0. The second-order valence-electron chi connectivity index (χ2n) is 10.3. The molecule has 3 fully saturated rings. The highest BCUT2D eigenvalue weighted by molar-refractivity contribution is 5.89. The van der Waals surface area contributed by atoms with Crippen molar-refractivity contribution in [2.24, 2.45) is 28.6 Å². The minimum atomic E-state index is -0.363. The zero-order chi connectivity index (χ0) is 20.4. The minimum Gasteiger partial charge on any atom is -0.388 e. The van der Waals surface area contributed by atoms with Crippen molar-refractivity contribution >= 4 is 12.0 Å². The Balaban J connectivity index is 1.48. The van der Waals surface area contributed by atoms with Crippen LogP contribution in [0.15, 0.2) is 42.3 Å². The third kappa shape index (κ3) is 2.68. The van der Waals surface area contributed by atoms with E-state index < -0.39 is 0 Å². The highest BCUT2D eigenvalue weighted by Crippen LogP contribution is 2.64. The minimum absolute atomic E-state index is 0.0384. The second-order valence-corrected chi connectivity index (χ2v) is 10.3. The largest absolute Gasteiger partial charge is 0.388 e. The van der Waals surface area contributed by atoms with Gasteiger partial charge in [-0.1, -0.05) is 26.0 Å². The van der Waals surface area contributed by atoms with E-state index in [0.717, 1.165) is 37.7 Å². The van der Waals surface area contributed by atoms with Crippen LogP contribution in [0, 0.1) is 28.6 Å². The van der Waals surface area contributed by atoms with Gasteiger partial charge in [0.2, 0.25) is 5.91 Å². The lowest BCUT2D eigenvalue weighted by Gasteiger charge is -2.59. The van der Waals surface area contributed by atoms with Gasteiger partial charge in [-0.05, 0) is 79.2 Å². The molecule has 0 aromatic carbocycles. The van der Waals surface area contributed by atoms with Crippen molar-refractivity contribution < 1.29 is 9.90 Å². The Morgan fingerprint density at radius 1 is 1.17 bits per heavy atom. The molecule has 1 aromatic heterocycles. The maximum absolute atomic E-state index is 12.2. The van der Waals surface area contributed by atoms with Crippen LogP contribution < -0.4 is 0 Å². The van der Waals surface area contributed by atoms with Crippen molar-refractivity contribution in [3.63, 3.8) is 0 Å². The fraction of sp³-hybridized carbons (Fsp3) is 0.600. The van der Waals surface area contributed by atoms with Crippen LogP contribution in [0.2, 0.25) is 0 Å². The third-order valence-corrected chi connectivity index (χ3v) is 9.05. The molecule has 2 unspecified atom stereocenters. The van der Waals surface area contributed by atoms with Crippen molar-refractivity contribution in [3.05, 3.63) is 47.8 Å². The number of hydrogen-bond donors (Lipinski definition) is 1. The Hall–Kier alpha value is -1.94. The molecule has 4 nitrogen and oxygen atoms in total. The zero-order valence-corrected chi connectivity index (χ0v) is 17.7. The van der Waals surface area contributed by atoms with E-state index in [1.54, 1.807) is 6.08 Å². The fourth-order valence-corrected chi connectivity index (χ4v) is 7.41. The molecule has 4 heteroatoms. The molecular weight excluding hydrogens is 360 g/mol. The van der Waals surface area contributed by atoms with Crippen LogP contribution in [0.3, 0.4) is 0 Å². The number of pyridine rings is 1. The van der Waals surface area contributed by atoms with Crippen LogP contribution >= 0.6 is 0 Å². The van der Waals surface area contributed by atoms with Gasteiger partial charge in [-0.2, -0.15) is 0 Å². The molecule has 0 bridgehead atoms. The molecule has 1 amide bonds. The number of carbonyl (C=O) groups is 1. The number of fused-ring (bicyclic) bond motifs is 5. The summed E-state index contributed by atoms with van der Waals surface area (Å²) in [4.78, 5) is 18.3. The quantitative estimate of drug-likeness (QED) is 0.784. The van der Waals surface area contributed by atoms with E-state index in [9.17, 15) is 9.90 Å². The van der Waals surface area contributed by atoms with Gasteiger partial charge >= 0.3 is 0 Å². The number of hydrogen-bond acceptors (Lipinski definition) is 3. The lowest BCUT2D eigenvalue weighted by Crippen LogP contribution is -2.59. The molecule has 1 N–H and O–H groups in total. The average Bonchev–Trinajstić information content (AvgIpc) is 2.97. The molecule has 1 aliphatic heterocycles. The Kier molecular flexibility index (Phi) is 4.29. The van der Waals surface area contributed by atoms with Crippen LogP contribution in [-0.4, -0.2) is 40.1 Å². The summed E-state index contributed by atoms with van der Waals surface area (Å²) in [6.45, 7) is 4.68. The van der Waals surface area contributed by atoms with Crippen molar-refractivity contribution in [1.82, 2.24) is 9.88 Å². The molecule has 0 radical (unpaired) electrons. The first-order chi connectivity index (χ1) is 13.8. The van der Waals surface area contributed by atoms with E-state index in [4.69, 9.17) is 0 Å². The van der Waals surface area contributed by atoms with Crippen molar-refractivity contribution in [2.75, 3.05) is 7.05 Å². The Morgan fingerprint density at radius 3 is 2.69 bits per heavy atom. The standard InChI is InChI=1S/C25H32N2O2/c1-24-11-7-22(28)27(3)21(24)5-4-18-19(24)6-10-25(2)20(18)15-17(23(25)29)14-16-8-12-26-13-9-16/h7-9,11-14,18-21,23,29H,4-6,10,15H2,1-3H3/t18-,19-,20+,21?,23?,24-,25+/m1/s1. The van der Waals surface area contributed by atoms with Gasteiger partial charge in [0.1, 0.15) is 0 Å². The summed E-state index contributed by atoms with van der Waals surface area (Å²) in [5.74, 6) is 1.85. The molecule has 3 saturated carbocycles. The van der Waals surface area contributed by atoms with Gasteiger partial charge in [-0.15, -0.1) is 0 Å². The van der Waals surface area contributed by atoms with E-state index in [0.29, 0.717) is 23.8 Å². The normalized spacial score (nSPS) is 45.1. The van der Waals surface area contributed by atoms with E-state index in [-0.39, 0.29) is 22.8 Å². The second kappa shape index (κ2) is 6.53. The maximum Gasteiger partial charge on any atom is 0.246 e. The summed E-state index contributed by atoms with van der Waals surface area (Å²) in [6.07, 6.45) is 14.9. The summed E-state index contributed by atoms with van der Waals surface area (Å²) in [6, 6.07) is 4.33. The fourth-order valence-electron chi connectivity index (χ4n) is 7.41. The molecule has 2 heterocycles. The molecule has 0 spiro atoms. The zero-order valence-electron chi connectivity index (χ0n) is 17.7. The Labute approximate surface area is 173 Å². The first-order valence-corrected chi connectivity index (χ1v) is 11.1. The number of carbonyl (C=O) groups excluding carboxylic acids is 1. The molecule has 3 aliphatic carbocycles. The van der Waals surface area contributed by atoms with E-state index >= 15 is 0 Å². The van der Waals surface area contributed by atoms with Crippen LogP contribution in [-0.2, 0) is 4.79 Å². The average molecular weight is 393 g/mol. The number of rotatable bonds is 1. The molecule has 0 saturated heterocycles. The van der Waals surface area contributed by atoms with Gasteiger partial charge in [-0.3, -0.25) is 9.78 Å². The lowest BCUT2D eigenvalue weighted by atomic mass is 9.48. The summed E-state index contributed by atoms with van der Waals surface area (Å²) in [5, 5.41) is 11.3. The van der Waals surface area contributed by atoms with Gasteiger partial charge in [0, 0.05) is 36.3 Å². The van der Waals surface area contributed by atoms with Crippen LogP contribution in [0.25, 0.3) is 6.08 Å². The molecule has 154 valence electrons. The van der Waals surface area contributed by atoms with Gasteiger partial charge in [0.15, 0.2) is 0 Å². The predicted octanol–water partition coefficient (Wildman–Crippen LogP) is 4.08. The summed E-state index contributed by atoms with van der Waals surface area (Å²) in [7, 11) is 1.97. The molecule has 7 atom stereocenters. The Bertz CT molecular complexity index is 878. The van der Waals surface area contributed by atoms with Crippen molar-refractivity contribution in [3.8, 4) is 0 Å². The number of aliphatic hydroxyl groups is 1. The van der Waals surface area contributed by atoms with Crippen molar-refractivity contribution in [1.29, 1.82) is 0 Å².